The molecule has 0 saturated carbocycles. The van der Waals surface area contributed by atoms with Gasteiger partial charge in [0.1, 0.15) is 11.6 Å². The van der Waals surface area contributed by atoms with Gasteiger partial charge in [-0.15, -0.1) is 11.3 Å². The molecule has 7 rings (SSSR count). The summed E-state index contributed by atoms with van der Waals surface area (Å²) in [5, 5.41) is 2.22. The number of imidazole rings is 1. The number of aromatic nitrogens is 2. The second kappa shape index (κ2) is 9.97. The number of para-hydroxylation sites is 3. The first-order valence-corrected chi connectivity index (χ1v) is 15.0. The van der Waals surface area contributed by atoms with E-state index in [1.165, 1.54) is 16.8 Å². The van der Waals surface area contributed by atoms with Crippen molar-refractivity contribution in [3.05, 3.63) is 120 Å². The number of thiophene rings is 1. The topological polar surface area (TPSA) is 17.8 Å². The second-order valence-corrected chi connectivity index (χ2v) is 12.4. The molecular weight excluding hydrogens is 523 g/mol. The van der Waals surface area contributed by atoms with Gasteiger partial charge in [-0.2, -0.15) is 0 Å². The van der Waals surface area contributed by atoms with E-state index >= 15 is 0 Å². The number of halogens is 1. The van der Waals surface area contributed by atoms with E-state index in [4.69, 9.17) is 4.98 Å². The molecule has 202 valence electrons. The Labute approximate surface area is 243 Å². The molecule has 2 aromatic heterocycles. The standard InChI is InChI=1S/C37H31FN2S/c1-22(2)26-14-10-15-27(23(3)4)35(26)40-32-19-9-8-18-31(32)39-37(40)29-17-11-16-28-34-30(24-12-6-5-7-13-24)20-25(38)21-33(34)41-36(28)29/h5-23H,1-4H3. The van der Waals surface area contributed by atoms with Gasteiger partial charge in [-0.05, 0) is 64.4 Å². The molecule has 0 aliphatic heterocycles. The summed E-state index contributed by atoms with van der Waals surface area (Å²) < 4.78 is 19.4. The van der Waals surface area contributed by atoms with Crippen molar-refractivity contribution in [3.8, 4) is 28.2 Å². The molecule has 0 saturated heterocycles. The van der Waals surface area contributed by atoms with Gasteiger partial charge in [0.05, 0.1) is 16.7 Å². The van der Waals surface area contributed by atoms with E-state index in [0.29, 0.717) is 11.8 Å². The van der Waals surface area contributed by atoms with Crippen LogP contribution in [-0.2, 0) is 0 Å². The summed E-state index contributed by atoms with van der Waals surface area (Å²) in [6.45, 7) is 9.03. The molecule has 7 aromatic rings. The highest BCUT2D eigenvalue weighted by Crippen LogP contribution is 2.45. The fraction of sp³-hybridized carbons (Fsp3) is 0.162. The lowest BCUT2D eigenvalue weighted by atomic mass is 9.92. The van der Waals surface area contributed by atoms with Gasteiger partial charge >= 0.3 is 0 Å². The monoisotopic (exact) mass is 554 g/mol. The van der Waals surface area contributed by atoms with Crippen LogP contribution in [0, 0.1) is 5.82 Å². The SMILES string of the molecule is CC(C)c1cccc(C(C)C)c1-n1c(-c2cccc3c2sc2cc(F)cc(-c4ccccc4)c23)nc2ccccc21. The quantitative estimate of drug-likeness (QED) is 0.207. The minimum Gasteiger partial charge on any atom is -0.292 e. The van der Waals surface area contributed by atoms with Crippen LogP contribution >= 0.6 is 11.3 Å². The Hall–Kier alpha value is -4.28. The average molecular weight is 555 g/mol. The summed E-state index contributed by atoms with van der Waals surface area (Å²) in [5.41, 5.74) is 8.88. The van der Waals surface area contributed by atoms with Crippen LogP contribution in [0.25, 0.3) is 59.4 Å². The van der Waals surface area contributed by atoms with Crippen molar-refractivity contribution in [2.75, 3.05) is 0 Å². The summed E-state index contributed by atoms with van der Waals surface area (Å²) in [6.07, 6.45) is 0. The smallest absolute Gasteiger partial charge is 0.147 e. The molecular formula is C37H31FN2S. The van der Waals surface area contributed by atoms with Crippen LogP contribution in [0.3, 0.4) is 0 Å². The highest BCUT2D eigenvalue weighted by molar-refractivity contribution is 7.26. The maximum absolute atomic E-state index is 15.0. The van der Waals surface area contributed by atoms with E-state index in [9.17, 15) is 4.39 Å². The molecule has 0 amide bonds. The highest BCUT2D eigenvalue weighted by Gasteiger charge is 2.24. The first-order chi connectivity index (χ1) is 19.9. The first-order valence-electron chi connectivity index (χ1n) is 14.2. The fourth-order valence-electron chi connectivity index (χ4n) is 6.12. The van der Waals surface area contributed by atoms with Crippen molar-refractivity contribution in [3.63, 3.8) is 0 Å². The Morgan fingerprint density at radius 1 is 0.707 bits per heavy atom. The summed E-state index contributed by atoms with van der Waals surface area (Å²) in [4.78, 5) is 5.27. The lowest BCUT2D eigenvalue weighted by Gasteiger charge is -2.22. The molecule has 0 bridgehead atoms. The molecule has 2 nitrogen and oxygen atoms in total. The number of fused-ring (bicyclic) bond motifs is 4. The van der Waals surface area contributed by atoms with Gasteiger partial charge in [0, 0.05) is 25.7 Å². The van der Waals surface area contributed by atoms with Gasteiger partial charge in [-0.1, -0.05) is 100 Å². The van der Waals surface area contributed by atoms with Crippen molar-refractivity contribution in [2.24, 2.45) is 0 Å². The largest absolute Gasteiger partial charge is 0.292 e. The number of nitrogens with zero attached hydrogens (tertiary/aromatic N) is 2. The van der Waals surface area contributed by atoms with Gasteiger partial charge in [-0.3, -0.25) is 4.57 Å². The Morgan fingerprint density at radius 2 is 1.39 bits per heavy atom. The van der Waals surface area contributed by atoms with Gasteiger partial charge in [0.25, 0.3) is 0 Å². The van der Waals surface area contributed by atoms with Gasteiger partial charge in [0.2, 0.25) is 0 Å². The second-order valence-electron chi connectivity index (χ2n) is 11.3. The van der Waals surface area contributed by atoms with Gasteiger partial charge in [0.15, 0.2) is 0 Å². The van der Waals surface area contributed by atoms with Crippen molar-refractivity contribution >= 4 is 42.5 Å². The van der Waals surface area contributed by atoms with E-state index < -0.39 is 0 Å². The molecule has 0 aliphatic carbocycles. The molecule has 0 radical (unpaired) electrons. The Morgan fingerprint density at radius 3 is 2.12 bits per heavy atom. The molecule has 4 heteroatoms. The van der Waals surface area contributed by atoms with E-state index in [1.54, 1.807) is 23.5 Å². The molecule has 2 heterocycles. The van der Waals surface area contributed by atoms with Crippen LogP contribution in [0.1, 0.15) is 50.7 Å². The molecule has 0 unspecified atom stereocenters. The fourth-order valence-corrected chi connectivity index (χ4v) is 7.38. The molecule has 41 heavy (non-hydrogen) atoms. The summed E-state index contributed by atoms with van der Waals surface area (Å²) in [6, 6.07) is 35.0. The zero-order valence-corrected chi connectivity index (χ0v) is 24.5. The third kappa shape index (κ3) is 4.17. The number of hydrogen-bond donors (Lipinski definition) is 0. The van der Waals surface area contributed by atoms with Crippen LogP contribution in [0.2, 0.25) is 0 Å². The predicted molar refractivity (Wildman–Crippen MR) is 173 cm³/mol. The third-order valence-corrected chi connectivity index (χ3v) is 9.20. The Bertz CT molecular complexity index is 2040. The highest BCUT2D eigenvalue weighted by atomic mass is 32.1. The van der Waals surface area contributed by atoms with Gasteiger partial charge in [-0.25, -0.2) is 9.37 Å². The summed E-state index contributed by atoms with van der Waals surface area (Å²) in [5.74, 6) is 1.38. The minimum absolute atomic E-state index is 0.218. The van der Waals surface area contributed by atoms with Crippen molar-refractivity contribution < 1.29 is 4.39 Å². The maximum Gasteiger partial charge on any atom is 0.147 e. The van der Waals surface area contributed by atoms with Crippen LogP contribution in [-0.4, -0.2) is 9.55 Å². The van der Waals surface area contributed by atoms with Crippen molar-refractivity contribution in [1.82, 2.24) is 9.55 Å². The summed E-state index contributed by atoms with van der Waals surface area (Å²) in [7, 11) is 0. The molecule has 0 N–H and O–H groups in total. The minimum atomic E-state index is -0.218. The average Bonchev–Trinajstić information content (AvgIpc) is 3.55. The van der Waals surface area contributed by atoms with Crippen LogP contribution in [0.4, 0.5) is 4.39 Å². The molecule has 0 aliphatic rings. The van der Waals surface area contributed by atoms with Gasteiger partial charge < -0.3 is 0 Å². The lowest BCUT2D eigenvalue weighted by molar-refractivity contribution is 0.630. The van der Waals surface area contributed by atoms with E-state index in [0.717, 1.165) is 53.7 Å². The number of hydrogen-bond acceptors (Lipinski definition) is 2. The van der Waals surface area contributed by atoms with Crippen LogP contribution in [0.15, 0.2) is 103 Å². The first kappa shape index (κ1) is 25.7. The normalized spacial score (nSPS) is 12.0. The maximum atomic E-state index is 15.0. The van der Waals surface area contributed by atoms with Crippen molar-refractivity contribution in [2.45, 2.75) is 39.5 Å². The summed E-state index contributed by atoms with van der Waals surface area (Å²) >= 11 is 1.65. The lowest BCUT2D eigenvalue weighted by Crippen LogP contribution is -2.08. The number of rotatable bonds is 5. The van der Waals surface area contributed by atoms with E-state index in [-0.39, 0.29) is 5.82 Å². The molecule has 5 aromatic carbocycles. The van der Waals surface area contributed by atoms with E-state index in [1.807, 2.05) is 18.2 Å². The molecule has 0 atom stereocenters. The Kier molecular flexibility index (Phi) is 6.24. The Balaban J connectivity index is 1.60. The van der Waals surface area contributed by atoms with E-state index in [2.05, 4.69) is 105 Å². The van der Waals surface area contributed by atoms with Crippen molar-refractivity contribution in [1.29, 1.82) is 0 Å². The zero-order valence-electron chi connectivity index (χ0n) is 23.7. The molecule has 0 fully saturated rings. The molecule has 0 spiro atoms. The zero-order chi connectivity index (χ0) is 28.2. The van der Waals surface area contributed by atoms with Crippen LogP contribution < -0.4 is 0 Å². The third-order valence-electron chi connectivity index (χ3n) is 8.02. The number of benzene rings is 5. The van der Waals surface area contributed by atoms with Crippen LogP contribution in [0.5, 0.6) is 0 Å². The predicted octanol–water partition coefficient (Wildman–Crippen LogP) is 11.1.